The zero-order valence-electron chi connectivity index (χ0n) is 12.7. The Kier molecular flexibility index (Phi) is 4.22. The molecule has 1 aliphatic carbocycles. The third kappa shape index (κ3) is 3.49. The minimum Gasteiger partial charge on any atom is -0.354 e. The van der Waals surface area contributed by atoms with E-state index in [4.69, 9.17) is 4.98 Å². The van der Waals surface area contributed by atoms with Gasteiger partial charge in [-0.1, -0.05) is 6.92 Å². The highest BCUT2D eigenvalue weighted by Crippen LogP contribution is 2.21. The van der Waals surface area contributed by atoms with Crippen LogP contribution in [0.15, 0.2) is 12.1 Å². The van der Waals surface area contributed by atoms with Crippen LogP contribution >= 0.6 is 0 Å². The Hall–Kier alpha value is -1.13. The van der Waals surface area contributed by atoms with Crippen molar-refractivity contribution in [3.63, 3.8) is 0 Å². The zero-order valence-corrected chi connectivity index (χ0v) is 12.7. The molecule has 0 aromatic carbocycles. The molecular formula is C16H26N4. The second-order valence-corrected chi connectivity index (χ2v) is 6.05. The standard InChI is InChI=1S/C16H26N4/c1-3-19-6-8-20(9-7-19)16-11-14(10-13(2)18-16)12-17-15-4-5-15/h10-11,15,17H,3-9,12H2,1-2H3. The summed E-state index contributed by atoms with van der Waals surface area (Å²) in [7, 11) is 0. The number of hydrogen-bond acceptors (Lipinski definition) is 4. The van der Waals surface area contributed by atoms with E-state index in [1.165, 1.54) is 18.4 Å². The van der Waals surface area contributed by atoms with E-state index in [0.717, 1.165) is 56.8 Å². The Bertz CT molecular complexity index is 448. The maximum atomic E-state index is 4.73. The Morgan fingerprint density at radius 3 is 2.60 bits per heavy atom. The van der Waals surface area contributed by atoms with Crippen molar-refractivity contribution in [2.24, 2.45) is 0 Å². The molecular weight excluding hydrogens is 248 g/mol. The third-order valence-electron chi connectivity index (χ3n) is 4.32. The lowest BCUT2D eigenvalue weighted by Gasteiger charge is -2.35. The molecule has 0 atom stereocenters. The summed E-state index contributed by atoms with van der Waals surface area (Å²) < 4.78 is 0. The number of hydrogen-bond donors (Lipinski definition) is 1. The summed E-state index contributed by atoms with van der Waals surface area (Å²) in [4.78, 5) is 9.66. The number of rotatable bonds is 5. The van der Waals surface area contributed by atoms with E-state index < -0.39 is 0 Å². The topological polar surface area (TPSA) is 31.4 Å². The normalized spacial score (nSPS) is 20.4. The number of anilines is 1. The van der Waals surface area contributed by atoms with Gasteiger partial charge in [0, 0.05) is 44.5 Å². The summed E-state index contributed by atoms with van der Waals surface area (Å²) >= 11 is 0. The van der Waals surface area contributed by atoms with Crippen molar-refractivity contribution in [3.8, 4) is 0 Å². The molecule has 1 aromatic rings. The fourth-order valence-corrected chi connectivity index (χ4v) is 2.83. The van der Waals surface area contributed by atoms with Gasteiger partial charge in [0.15, 0.2) is 0 Å². The highest BCUT2D eigenvalue weighted by molar-refractivity contribution is 5.43. The van der Waals surface area contributed by atoms with Gasteiger partial charge in [-0.3, -0.25) is 0 Å². The van der Waals surface area contributed by atoms with Crippen molar-refractivity contribution in [3.05, 3.63) is 23.4 Å². The van der Waals surface area contributed by atoms with E-state index in [1.807, 2.05) is 0 Å². The first-order valence-corrected chi connectivity index (χ1v) is 7.93. The fourth-order valence-electron chi connectivity index (χ4n) is 2.83. The van der Waals surface area contributed by atoms with Crippen molar-refractivity contribution in [1.29, 1.82) is 0 Å². The van der Waals surface area contributed by atoms with Gasteiger partial charge in [-0.2, -0.15) is 0 Å². The fraction of sp³-hybridized carbons (Fsp3) is 0.688. The molecule has 2 aliphatic rings. The lowest BCUT2D eigenvalue weighted by Crippen LogP contribution is -2.46. The number of likely N-dealkylation sites (N-methyl/N-ethyl adjacent to an activating group) is 1. The van der Waals surface area contributed by atoms with Crippen LogP contribution in [0.25, 0.3) is 0 Å². The van der Waals surface area contributed by atoms with E-state index in [1.54, 1.807) is 0 Å². The average molecular weight is 274 g/mol. The highest BCUT2D eigenvalue weighted by Gasteiger charge is 2.21. The zero-order chi connectivity index (χ0) is 13.9. The molecule has 110 valence electrons. The van der Waals surface area contributed by atoms with E-state index in [2.05, 4.69) is 41.1 Å². The summed E-state index contributed by atoms with van der Waals surface area (Å²) in [5.74, 6) is 1.16. The van der Waals surface area contributed by atoms with Gasteiger partial charge in [-0.25, -0.2) is 4.98 Å². The van der Waals surface area contributed by atoms with E-state index in [0.29, 0.717) is 0 Å². The number of pyridine rings is 1. The van der Waals surface area contributed by atoms with Gasteiger partial charge in [-0.15, -0.1) is 0 Å². The van der Waals surface area contributed by atoms with Crippen LogP contribution in [0.2, 0.25) is 0 Å². The Labute approximate surface area is 122 Å². The lowest BCUT2D eigenvalue weighted by molar-refractivity contribution is 0.270. The Morgan fingerprint density at radius 1 is 1.20 bits per heavy atom. The van der Waals surface area contributed by atoms with Crippen molar-refractivity contribution in [1.82, 2.24) is 15.2 Å². The molecule has 0 radical (unpaired) electrons. The van der Waals surface area contributed by atoms with Gasteiger partial charge in [0.05, 0.1) is 0 Å². The molecule has 2 fully saturated rings. The van der Waals surface area contributed by atoms with Crippen molar-refractivity contribution in [2.45, 2.75) is 39.3 Å². The molecule has 1 aromatic heterocycles. The predicted octanol–water partition coefficient (Wildman–Crippen LogP) is 1.78. The van der Waals surface area contributed by atoms with Gasteiger partial charge in [0.25, 0.3) is 0 Å². The summed E-state index contributed by atoms with van der Waals surface area (Å²) in [5, 5.41) is 3.59. The number of aryl methyl sites for hydroxylation is 1. The van der Waals surface area contributed by atoms with Crippen LogP contribution in [-0.4, -0.2) is 48.6 Å². The molecule has 1 saturated carbocycles. The smallest absolute Gasteiger partial charge is 0.129 e. The molecule has 1 aliphatic heterocycles. The second kappa shape index (κ2) is 6.10. The summed E-state index contributed by atoms with van der Waals surface area (Å²) in [6.07, 6.45) is 2.69. The molecule has 4 heteroatoms. The maximum absolute atomic E-state index is 4.73. The van der Waals surface area contributed by atoms with Gasteiger partial charge in [-0.05, 0) is 44.0 Å². The molecule has 0 spiro atoms. The highest BCUT2D eigenvalue weighted by atomic mass is 15.3. The Balaban J connectivity index is 1.65. The van der Waals surface area contributed by atoms with Gasteiger partial charge < -0.3 is 15.1 Å². The molecule has 3 rings (SSSR count). The molecule has 20 heavy (non-hydrogen) atoms. The van der Waals surface area contributed by atoms with E-state index in [-0.39, 0.29) is 0 Å². The molecule has 0 unspecified atom stereocenters. The van der Waals surface area contributed by atoms with Gasteiger partial charge >= 0.3 is 0 Å². The van der Waals surface area contributed by atoms with Gasteiger partial charge in [0.1, 0.15) is 5.82 Å². The number of nitrogens with one attached hydrogen (secondary N) is 1. The monoisotopic (exact) mass is 274 g/mol. The lowest BCUT2D eigenvalue weighted by atomic mass is 10.2. The first kappa shape index (κ1) is 13.8. The number of nitrogens with zero attached hydrogens (tertiary/aromatic N) is 3. The van der Waals surface area contributed by atoms with Crippen LogP contribution in [0.5, 0.6) is 0 Å². The van der Waals surface area contributed by atoms with Crippen molar-refractivity contribution < 1.29 is 0 Å². The van der Waals surface area contributed by atoms with Crippen LogP contribution in [0.4, 0.5) is 5.82 Å². The molecule has 1 N–H and O–H groups in total. The maximum Gasteiger partial charge on any atom is 0.129 e. The van der Waals surface area contributed by atoms with Crippen LogP contribution < -0.4 is 10.2 Å². The first-order chi connectivity index (χ1) is 9.74. The molecule has 0 amide bonds. The summed E-state index contributed by atoms with van der Waals surface area (Å²) in [6, 6.07) is 5.24. The predicted molar refractivity (Wildman–Crippen MR) is 83.2 cm³/mol. The average Bonchev–Trinajstić information content (AvgIpc) is 3.29. The number of aromatic nitrogens is 1. The second-order valence-electron chi connectivity index (χ2n) is 6.05. The van der Waals surface area contributed by atoms with Crippen molar-refractivity contribution in [2.75, 3.05) is 37.6 Å². The molecule has 4 nitrogen and oxygen atoms in total. The van der Waals surface area contributed by atoms with Gasteiger partial charge in [0.2, 0.25) is 0 Å². The minimum absolute atomic E-state index is 0.764. The quantitative estimate of drug-likeness (QED) is 0.887. The van der Waals surface area contributed by atoms with Crippen LogP contribution in [-0.2, 0) is 6.54 Å². The minimum atomic E-state index is 0.764. The molecule has 1 saturated heterocycles. The molecule has 0 bridgehead atoms. The van der Waals surface area contributed by atoms with E-state index in [9.17, 15) is 0 Å². The third-order valence-corrected chi connectivity index (χ3v) is 4.32. The van der Waals surface area contributed by atoms with Crippen molar-refractivity contribution >= 4 is 5.82 Å². The SMILES string of the molecule is CCN1CCN(c2cc(CNC3CC3)cc(C)n2)CC1. The number of piperazine rings is 1. The van der Waals surface area contributed by atoms with Crippen LogP contribution in [0.3, 0.4) is 0 Å². The largest absolute Gasteiger partial charge is 0.354 e. The summed E-state index contributed by atoms with van der Waals surface area (Å²) in [5.41, 5.74) is 2.50. The van der Waals surface area contributed by atoms with Crippen LogP contribution in [0.1, 0.15) is 31.0 Å². The molecule has 2 heterocycles. The Morgan fingerprint density at radius 2 is 1.95 bits per heavy atom. The van der Waals surface area contributed by atoms with E-state index >= 15 is 0 Å². The van der Waals surface area contributed by atoms with Crippen LogP contribution in [0, 0.1) is 6.92 Å². The summed E-state index contributed by atoms with van der Waals surface area (Å²) in [6.45, 7) is 11.0. The first-order valence-electron chi connectivity index (χ1n) is 7.93.